The third-order valence-corrected chi connectivity index (χ3v) is 3.52. The molecule has 0 aliphatic carbocycles. The first kappa shape index (κ1) is 16.6. The molecule has 0 radical (unpaired) electrons. The van der Waals surface area contributed by atoms with E-state index in [4.69, 9.17) is 4.74 Å². The van der Waals surface area contributed by atoms with Gasteiger partial charge in [0.1, 0.15) is 5.01 Å². The number of ether oxygens (including phenoxy) is 1. The van der Waals surface area contributed by atoms with E-state index in [2.05, 4.69) is 48.4 Å². The van der Waals surface area contributed by atoms with Crippen molar-refractivity contribution < 1.29 is 4.74 Å². The summed E-state index contributed by atoms with van der Waals surface area (Å²) >= 11 is 1.73. The molecule has 0 saturated carbocycles. The maximum atomic E-state index is 5.35. The second-order valence-corrected chi connectivity index (χ2v) is 6.71. The highest BCUT2D eigenvalue weighted by molar-refractivity contribution is 7.09. The second-order valence-electron chi connectivity index (χ2n) is 5.77. The van der Waals surface area contributed by atoms with Crippen LogP contribution >= 0.6 is 11.3 Å². The van der Waals surface area contributed by atoms with Gasteiger partial charge in [0, 0.05) is 37.2 Å². The third kappa shape index (κ3) is 7.62. The van der Waals surface area contributed by atoms with Crippen LogP contribution in [0, 0.1) is 0 Å². The maximum Gasteiger partial charge on any atom is 0.107 e. The second kappa shape index (κ2) is 7.94. The van der Waals surface area contributed by atoms with Gasteiger partial charge in [-0.1, -0.05) is 0 Å². The van der Waals surface area contributed by atoms with Gasteiger partial charge in [0.25, 0.3) is 0 Å². The van der Waals surface area contributed by atoms with Crippen LogP contribution < -0.4 is 5.32 Å². The van der Waals surface area contributed by atoms with Gasteiger partial charge in [0.2, 0.25) is 0 Å². The standard InChI is InChI=1S/C14H27N3OS/c1-6-18-8-7-17(5)10-12-11-19-13(16-12)9-15-14(2,3)4/h11,15H,6-10H2,1-5H3. The van der Waals surface area contributed by atoms with Crippen molar-refractivity contribution >= 4 is 11.3 Å². The summed E-state index contributed by atoms with van der Waals surface area (Å²) in [6, 6.07) is 0. The van der Waals surface area contributed by atoms with E-state index in [1.807, 2.05) is 6.92 Å². The number of nitrogens with one attached hydrogen (secondary N) is 1. The number of likely N-dealkylation sites (N-methyl/N-ethyl adjacent to an activating group) is 1. The highest BCUT2D eigenvalue weighted by Gasteiger charge is 2.10. The van der Waals surface area contributed by atoms with Crippen LogP contribution in [0.2, 0.25) is 0 Å². The molecule has 0 aliphatic rings. The predicted octanol–water partition coefficient (Wildman–Crippen LogP) is 2.50. The van der Waals surface area contributed by atoms with Crippen molar-refractivity contribution in [2.75, 3.05) is 26.8 Å². The summed E-state index contributed by atoms with van der Waals surface area (Å²) in [4.78, 5) is 6.90. The summed E-state index contributed by atoms with van der Waals surface area (Å²) in [5, 5.41) is 6.77. The van der Waals surface area contributed by atoms with Gasteiger partial charge in [-0.2, -0.15) is 0 Å². The molecule has 1 N–H and O–H groups in total. The molecule has 4 nitrogen and oxygen atoms in total. The van der Waals surface area contributed by atoms with E-state index in [0.29, 0.717) is 0 Å². The zero-order valence-electron chi connectivity index (χ0n) is 12.8. The number of aromatic nitrogens is 1. The van der Waals surface area contributed by atoms with Gasteiger partial charge in [0.15, 0.2) is 0 Å². The Morgan fingerprint density at radius 2 is 2.16 bits per heavy atom. The average Bonchev–Trinajstić information content (AvgIpc) is 2.73. The molecule has 0 atom stereocenters. The monoisotopic (exact) mass is 285 g/mol. The maximum absolute atomic E-state index is 5.35. The van der Waals surface area contributed by atoms with Gasteiger partial charge >= 0.3 is 0 Å². The summed E-state index contributed by atoms with van der Waals surface area (Å²) in [6.07, 6.45) is 0. The molecule has 110 valence electrons. The highest BCUT2D eigenvalue weighted by atomic mass is 32.1. The van der Waals surface area contributed by atoms with Crippen LogP contribution in [-0.4, -0.2) is 42.2 Å². The van der Waals surface area contributed by atoms with E-state index < -0.39 is 0 Å². The molecule has 0 fully saturated rings. The lowest BCUT2D eigenvalue weighted by Gasteiger charge is -2.19. The van der Waals surface area contributed by atoms with E-state index in [9.17, 15) is 0 Å². The summed E-state index contributed by atoms with van der Waals surface area (Å²) in [7, 11) is 2.10. The molecule has 1 heterocycles. The number of rotatable bonds is 8. The molecule has 0 spiro atoms. The molecular weight excluding hydrogens is 258 g/mol. The van der Waals surface area contributed by atoms with Crippen LogP contribution in [-0.2, 0) is 17.8 Å². The Hall–Kier alpha value is -0.490. The Labute approximate surface area is 121 Å². The number of hydrogen-bond donors (Lipinski definition) is 1. The van der Waals surface area contributed by atoms with Crippen molar-refractivity contribution in [2.24, 2.45) is 0 Å². The van der Waals surface area contributed by atoms with Crippen molar-refractivity contribution in [3.05, 3.63) is 16.1 Å². The number of hydrogen-bond acceptors (Lipinski definition) is 5. The SMILES string of the molecule is CCOCCN(C)Cc1csc(CNC(C)(C)C)n1. The Morgan fingerprint density at radius 1 is 1.42 bits per heavy atom. The lowest BCUT2D eigenvalue weighted by Crippen LogP contribution is -2.35. The lowest BCUT2D eigenvalue weighted by atomic mass is 10.1. The van der Waals surface area contributed by atoms with Crippen molar-refractivity contribution in [1.29, 1.82) is 0 Å². The van der Waals surface area contributed by atoms with Gasteiger partial charge in [-0.15, -0.1) is 11.3 Å². The van der Waals surface area contributed by atoms with Crippen molar-refractivity contribution in [1.82, 2.24) is 15.2 Å². The molecule has 0 bridgehead atoms. The minimum absolute atomic E-state index is 0.139. The minimum atomic E-state index is 0.139. The first-order valence-corrected chi connectivity index (χ1v) is 7.73. The minimum Gasteiger partial charge on any atom is -0.380 e. The Morgan fingerprint density at radius 3 is 2.79 bits per heavy atom. The zero-order chi connectivity index (χ0) is 14.3. The quantitative estimate of drug-likeness (QED) is 0.745. The molecule has 0 amide bonds. The van der Waals surface area contributed by atoms with Crippen LogP contribution in [0.15, 0.2) is 5.38 Å². The summed E-state index contributed by atoms with van der Waals surface area (Å²) in [5.74, 6) is 0. The van der Waals surface area contributed by atoms with Crippen molar-refractivity contribution in [3.8, 4) is 0 Å². The van der Waals surface area contributed by atoms with Gasteiger partial charge in [-0.25, -0.2) is 4.98 Å². The fourth-order valence-corrected chi connectivity index (χ4v) is 2.29. The largest absolute Gasteiger partial charge is 0.380 e. The third-order valence-electron chi connectivity index (χ3n) is 2.62. The fourth-order valence-electron chi connectivity index (χ4n) is 1.56. The molecule has 19 heavy (non-hydrogen) atoms. The van der Waals surface area contributed by atoms with E-state index >= 15 is 0 Å². The lowest BCUT2D eigenvalue weighted by molar-refractivity contribution is 0.120. The van der Waals surface area contributed by atoms with E-state index in [1.54, 1.807) is 11.3 Å². The van der Waals surface area contributed by atoms with E-state index in [-0.39, 0.29) is 5.54 Å². The molecule has 0 saturated heterocycles. The van der Waals surface area contributed by atoms with Gasteiger partial charge in [0.05, 0.1) is 12.3 Å². The van der Waals surface area contributed by atoms with Crippen LogP contribution in [0.3, 0.4) is 0 Å². The smallest absolute Gasteiger partial charge is 0.107 e. The average molecular weight is 285 g/mol. The summed E-state index contributed by atoms with van der Waals surface area (Å²) in [5.41, 5.74) is 1.29. The molecular formula is C14H27N3OS. The van der Waals surface area contributed by atoms with Crippen LogP contribution in [0.5, 0.6) is 0 Å². The molecule has 1 aromatic heterocycles. The zero-order valence-corrected chi connectivity index (χ0v) is 13.6. The molecule has 1 aromatic rings. The predicted molar refractivity (Wildman–Crippen MR) is 81.5 cm³/mol. The first-order chi connectivity index (χ1) is 8.90. The molecule has 0 aliphatic heterocycles. The molecule has 0 aromatic carbocycles. The van der Waals surface area contributed by atoms with Crippen LogP contribution in [0.1, 0.15) is 38.4 Å². The summed E-state index contributed by atoms with van der Waals surface area (Å²) < 4.78 is 5.35. The molecule has 1 rings (SSSR count). The van der Waals surface area contributed by atoms with Crippen LogP contribution in [0.25, 0.3) is 0 Å². The van der Waals surface area contributed by atoms with E-state index in [0.717, 1.165) is 43.5 Å². The fraction of sp³-hybridized carbons (Fsp3) is 0.786. The first-order valence-electron chi connectivity index (χ1n) is 6.85. The molecule has 5 heteroatoms. The highest BCUT2D eigenvalue weighted by Crippen LogP contribution is 2.12. The van der Waals surface area contributed by atoms with Gasteiger partial charge in [-0.3, -0.25) is 4.90 Å². The van der Waals surface area contributed by atoms with Gasteiger partial charge in [-0.05, 0) is 34.7 Å². The van der Waals surface area contributed by atoms with E-state index in [1.165, 1.54) is 0 Å². The number of thiazole rings is 1. The summed E-state index contributed by atoms with van der Waals surface area (Å²) in [6.45, 7) is 12.8. The molecule has 0 unspecified atom stereocenters. The van der Waals surface area contributed by atoms with Crippen LogP contribution in [0.4, 0.5) is 0 Å². The van der Waals surface area contributed by atoms with Gasteiger partial charge < -0.3 is 10.1 Å². The topological polar surface area (TPSA) is 37.4 Å². The Kier molecular flexibility index (Phi) is 6.93. The Bertz CT molecular complexity index is 360. The van der Waals surface area contributed by atoms with Crippen molar-refractivity contribution in [3.63, 3.8) is 0 Å². The van der Waals surface area contributed by atoms with Crippen molar-refractivity contribution in [2.45, 2.75) is 46.3 Å². The normalized spacial score (nSPS) is 12.3. The number of nitrogens with zero attached hydrogens (tertiary/aromatic N) is 2. The Balaban J connectivity index is 2.33.